The van der Waals surface area contributed by atoms with Gasteiger partial charge in [0.1, 0.15) is 6.61 Å². The van der Waals surface area contributed by atoms with Crippen LogP contribution in [0.3, 0.4) is 0 Å². The number of nitrogen functional groups attached to an aromatic ring is 1. The van der Waals surface area contributed by atoms with Crippen molar-refractivity contribution in [3.05, 3.63) is 259 Å². The molecule has 0 spiro atoms. The number of anilines is 2. The summed E-state index contributed by atoms with van der Waals surface area (Å²) in [5.41, 5.74) is 4.49. The van der Waals surface area contributed by atoms with E-state index < -0.39 is 29.1 Å². The number of nitrogens with two attached hydrogens (primary N) is 1. The maximum Gasteiger partial charge on any atom is 0.261 e. The summed E-state index contributed by atoms with van der Waals surface area (Å²) in [6.45, 7) is -0.282. The van der Waals surface area contributed by atoms with Gasteiger partial charge in [0.05, 0.1) is 54.7 Å². The molecule has 11 aromatic rings. The molecule has 0 atom stereocenters. The molecule has 11 rings (SSSR count). The summed E-state index contributed by atoms with van der Waals surface area (Å²) in [6.07, 6.45) is 2.28. The molecule has 0 bridgehead atoms. The molecule has 6 N–H and O–H groups in total. The zero-order valence-corrected chi connectivity index (χ0v) is 49.1. The summed E-state index contributed by atoms with van der Waals surface area (Å²) in [6, 6.07) is 52.0. The van der Waals surface area contributed by atoms with Crippen LogP contribution in [0.2, 0.25) is 0 Å². The molecule has 0 aliphatic heterocycles. The number of sulfonamides is 2. The molecule has 6 aromatic carbocycles. The van der Waals surface area contributed by atoms with E-state index >= 15 is 0 Å². The van der Waals surface area contributed by atoms with Crippen LogP contribution >= 0.6 is 10.7 Å². The van der Waals surface area contributed by atoms with Gasteiger partial charge in [-0.3, -0.25) is 33.4 Å². The van der Waals surface area contributed by atoms with Crippen LogP contribution in [0.25, 0.3) is 43.6 Å². The van der Waals surface area contributed by atoms with E-state index in [1.807, 2.05) is 36.4 Å². The number of rotatable bonds is 10. The Labute approximate surface area is 491 Å². The Morgan fingerprint density at radius 3 is 1.29 bits per heavy atom. The molecule has 5 heterocycles. The number of carbonyl (C=O) groups is 1. The van der Waals surface area contributed by atoms with Crippen LogP contribution < -0.4 is 42.2 Å². The van der Waals surface area contributed by atoms with Gasteiger partial charge in [-0.05, 0) is 131 Å². The third kappa shape index (κ3) is 15.4. The highest BCUT2D eigenvalue weighted by atomic mass is 35.7. The van der Waals surface area contributed by atoms with Crippen molar-refractivity contribution >= 4 is 101 Å². The van der Waals surface area contributed by atoms with Gasteiger partial charge in [0.2, 0.25) is 5.69 Å². The van der Waals surface area contributed by atoms with E-state index in [1.54, 1.807) is 130 Å². The van der Waals surface area contributed by atoms with E-state index in [-0.39, 0.29) is 61.4 Å². The first-order valence-electron chi connectivity index (χ1n) is 25.3. The van der Waals surface area contributed by atoms with Gasteiger partial charge in [0.15, 0.2) is 12.5 Å². The summed E-state index contributed by atoms with van der Waals surface area (Å²) in [5, 5.41) is 21.0. The lowest BCUT2D eigenvalue weighted by Crippen LogP contribution is -2.47. The Bertz CT molecular complexity index is 4920. The van der Waals surface area contributed by atoms with Gasteiger partial charge >= 0.3 is 0 Å². The SMILES string of the molecule is Cn1c(=O)ccc2cc(S(=O)(=O)Cl)ccc21.Cn1c(=O)ccc2cc(S(=O)(=O)Nc3ccccc3C=O)ccc21.Cn1c(=O)ccc2cc(S(=O)(=O)Nc3ccccc3CO)ccc21.Cn1c(=O)ccc2ccccc21.N[n+]1ccccc1CO. The monoisotopic (exact) mass is 1230 g/mol. The van der Waals surface area contributed by atoms with Gasteiger partial charge in [-0.1, -0.05) is 53.2 Å². The molecule has 0 aliphatic carbocycles. The summed E-state index contributed by atoms with van der Waals surface area (Å²) in [4.78, 5) is 57.0. The second-order valence-electron chi connectivity index (χ2n) is 18.6. The van der Waals surface area contributed by atoms with Gasteiger partial charge in [-0.2, -0.15) is 0 Å². The lowest BCUT2D eigenvalue weighted by molar-refractivity contribution is -0.649. The number of aldehydes is 1. The molecular weight excluding hydrogens is 1170 g/mol. The molecule has 25 heteroatoms. The number of aryl methyl sites for hydroxylation is 4. The first-order chi connectivity index (χ1) is 40.4. The van der Waals surface area contributed by atoms with Crippen LogP contribution in [0, 0.1) is 0 Å². The Kier molecular flexibility index (Phi) is 20.2. The van der Waals surface area contributed by atoms with Crippen molar-refractivity contribution in [3.63, 3.8) is 0 Å². The molecular formula is C60H56ClN8O13S3+. The smallest absolute Gasteiger partial charge is 0.261 e. The molecule has 5 aromatic heterocycles. The maximum atomic E-state index is 12.6. The van der Waals surface area contributed by atoms with Crippen molar-refractivity contribution in [2.24, 2.45) is 28.2 Å². The Balaban J connectivity index is 0.000000159. The van der Waals surface area contributed by atoms with Crippen LogP contribution in [0.4, 0.5) is 11.4 Å². The number of aromatic nitrogens is 5. The van der Waals surface area contributed by atoms with E-state index in [0.29, 0.717) is 55.9 Å². The van der Waals surface area contributed by atoms with E-state index in [4.69, 9.17) is 21.6 Å². The van der Waals surface area contributed by atoms with Crippen LogP contribution in [-0.2, 0) is 70.5 Å². The number of benzene rings is 6. The third-order valence-corrected chi connectivity index (χ3v) is 17.2. The van der Waals surface area contributed by atoms with Crippen molar-refractivity contribution in [1.82, 2.24) is 18.3 Å². The number of hydrogen-bond donors (Lipinski definition) is 5. The molecule has 0 unspecified atom stereocenters. The zero-order chi connectivity index (χ0) is 61.8. The molecule has 0 saturated heterocycles. The minimum Gasteiger partial charge on any atom is -0.392 e. The first kappa shape index (κ1) is 63.0. The van der Waals surface area contributed by atoms with Crippen molar-refractivity contribution in [3.8, 4) is 0 Å². The predicted octanol–water partition coefficient (Wildman–Crippen LogP) is 6.17. The van der Waals surface area contributed by atoms with Crippen LogP contribution in [-0.4, -0.2) is 60.0 Å². The Hall–Kier alpha value is -9.56. The third-order valence-electron chi connectivity index (χ3n) is 13.1. The second-order valence-corrected chi connectivity index (χ2v) is 24.5. The topological polar surface area (TPSA) is 302 Å². The molecule has 438 valence electrons. The number of halogens is 1. The number of nitrogens with one attached hydrogen (secondary N) is 2. The van der Waals surface area contributed by atoms with E-state index in [0.717, 1.165) is 10.9 Å². The van der Waals surface area contributed by atoms with Gasteiger partial charge in [0.25, 0.3) is 51.3 Å². The second kappa shape index (κ2) is 27.2. The van der Waals surface area contributed by atoms with Crippen molar-refractivity contribution < 1.29 is 44.9 Å². The Morgan fingerprint density at radius 1 is 0.459 bits per heavy atom. The summed E-state index contributed by atoms with van der Waals surface area (Å²) < 4.78 is 84.9. The molecule has 0 aliphatic rings. The fraction of sp³-hybridized carbons (Fsp3) is 0.100. The van der Waals surface area contributed by atoms with Crippen molar-refractivity contribution in [2.45, 2.75) is 27.9 Å². The average Bonchev–Trinajstić information content (AvgIpc) is 2.20. The number of para-hydroxylation sites is 3. The standard InChI is InChI=1S/C17H16N2O4S.C17H14N2O4S.C10H8ClNO3S.C10H9NO.C6H9N2O/c2*1-19-16-8-7-14(10-12(16)6-9-17(19)21)24(22,23)18-15-5-3-2-4-13(15)11-20;1-12-9-4-3-8(16(11,14)15)6-7(9)2-5-10(12)13;1-11-9-5-3-2-4-8(9)6-7-10(11)12;7-8-4-2-1-3-6(8)5-9/h2-10,18,20H,11H2,1H3;2-11,18H,1H3;2-6H,1H3;2-7H,1H3;1-4,9H,5,7H2/q;;;;+1. The van der Waals surface area contributed by atoms with E-state index in [9.17, 15) is 54.3 Å². The maximum absolute atomic E-state index is 12.6. The van der Waals surface area contributed by atoms with E-state index in [1.165, 1.54) is 85.1 Å². The van der Waals surface area contributed by atoms with Crippen LogP contribution in [0.1, 0.15) is 21.6 Å². The van der Waals surface area contributed by atoms with Gasteiger partial charge in [0, 0.05) is 86.4 Å². The molecule has 0 fully saturated rings. The quantitative estimate of drug-likeness (QED) is 0.0443. The largest absolute Gasteiger partial charge is 0.392 e. The zero-order valence-electron chi connectivity index (χ0n) is 45.8. The minimum atomic E-state index is -3.86. The predicted molar refractivity (Wildman–Crippen MR) is 328 cm³/mol. The molecule has 21 nitrogen and oxygen atoms in total. The summed E-state index contributed by atoms with van der Waals surface area (Å²) in [5.74, 6) is 5.39. The van der Waals surface area contributed by atoms with Crippen molar-refractivity contribution in [2.75, 3.05) is 15.3 Å². The number of hydrogen-bond acceptors (Lipinski definition) is 14. The van der Waals surface area contributed by atoms with Gasteiger partial charge < -0.3 is 28.5 Å². The van der Waals surface area contributed by atoms with E-state index in [2.05, 4.69) is 9.44 Å². The minimum absolute atomic E-state index is 0.0165. The molecule has 0 radical (unpaired) electrons. The number of nitrogens with zero attached hydrogens (tertiary/aromatic N) is 5. The lowest BCUT2D eigenvalue weighted by Gasteiger charge is -2.12. The highest BCUT2D eigenvalue weighted by molar-refractivity contribution is 8.13. The first-order valence-corrected chi connectivity index (χ1v) is 30.6. The van der Waals surface area contributed by atoms with Crippen LogP contribution in [0.5, 0.6) is 0 Å². The number of carbonyl (C=O) groups excluding carboxylic acids is 1. The summed E-state index contributed by atoms with van der Waals surface area (Å²) >= 11 is 0. The summed E-state index contributed by atoms with van der Waals surface area (Å²) in [7, 11) is 0.499. The molecule has 0 saturated carbocycles. The lowest BCUT2D eigenvalue weighted by atomic mass is 10.2. The normalized spacial score (nSPS) is 11.2. The van der Waals surface area contributed by atoms with Crippen molar-refractivity contribution in [1.29, 1.82) is 0 Å². The fourth-order valence-corrected chi connectivity index (χ4v) is 11.4. The molecule has 85 heavy (non-hydrogen) atoms. The highest BCUT2D eigenvalue weighted by Gasteiger charge is 2.19. The van der Waals surface area contributed by atoms with Gasteiger partial charge in [-0.15, -0.1) is 0 Å². The fourth-order valence-electron chi connectivity index (χ4n) is 8.38. The van der Waals surface area contributed by atoms with Gasteiger partial charge in [-0.25, -0.2) is 31.1 Å². The number of aliphatic hydroxyl groups excluding tert-OH is 2. The average molecular weight is 1230 g/mol. The van der Waals surface area contributed by atoms with Crippen LogP contribution in [0.15, 0.2) is 234 Å². The number of aliphatic hydroxyl groups is 2. The number of pyridine rings is 5. The Morgan fingerprint density at radius 2 is 0.847 bits per heavy atom. The number of fused-ring (bicyclic) bond motifs is 4. The highest BCUT2D eigenvalue weighted by Crippen LogP contribution is 2.25. The molecule has 0 amide bonds.